The number of para-hydroxylation sites is 1. The van der Waals surface area contributed by atoms with Crippen molar-refractivity contribution in [3.63, 3.8) is 0 Å². The average molecular weight is 174 g/mol. The lowest BCUT2D eigenvalue weighted by Gasteiger charge is -2.06. The summed E-state index contributed by atoms with van der Waals surface area (Å²) in [5, 5.41) is 6.59. The minimum absolute atomic E-state index is 0.837. The minimum Gasteiger partial charge on any atom is -0.300 e. The maximum absolute atomic E-state index is 3.81. The predicted octanol–water partition coefficient (Wildman–Crippen LogP) is 1.85. The van der Waals surface area contributed by atoms with E-state index in [9.17, 15) is 0 Å². The van der Waals surface area contributed by atoms with E-state index >= 15 is 0 Å². The van der Waals surface area contributed by atoms with Gasteiger partial charge in [0.25, 0.3) is 0 Å². The van der Waals surface area contributed by atoms with Crippen LogP contribution in [0.25, 0.3) is 0 Å². The van der Waals surface area contributed by atoms with Crippen molar-refractivity contribution in [2.24, 2.45) is 0 Å². The molecule has 0 aliphatic rings. The van der Waals surface area contributed by atoms with Crippen LogP contribution in [0.15, 0.2) is 42.6 Å². The highest BCUT2D eigenvalue weighted by atomic mass is 15.4. The first kappa shape index (κ1) is 7.67. The number of nitrogens with zero attached hydrogens (tertiary/aromatic N) is 1. The van der Waals surface area contributed by atoms with Crippen LogP contribution < -0.4 is 10.9 Å². The number of aromatic nitrogens is 2. The van der Waals surface area contributed by atoms with Crippen LogP contribution in [0.2, 0.25) is 0 Å². The third kappa shape index (κ3) is 1.99. The summed E-state index contributed by atoms with van der Waals surface area (Å²) in [5.41, 5.74) is 7.01. The third-order valence-corrected chi connectivity index (χ3v) is 1.62. The summed E-state index contributed by atoms with van der Waals surface area (Å²) in [7, 11) is 0. The van der Waals surface area contributed by atoms with Gasteiger partial charge in [0.05, 0.1) is 11.9 Å². The Morgan fingerprint density at radius 3 is 2.54 bits per heavy atom. The van der Waals surface area contributed by atoms with Crippen LogP contribution in [0.5, 0.6) is 0 Å². The largest absolute Gasteiger partial charge is 0.300 e. The van der Waals surface area contributed by atoms with Crippen LogP contribution in [0.4, 0.5) is 11.5 Å². The van der Waals surface area contributed by atoms with Crippen molar-refractivity contribution in [2.75, 3.05) is 10.9 Å². The number of nitrogens with one attached hydrogen (secondary N) is 3. The number of hydrogen-bond acceptors (Lipinski definition) is 3. The Kier molecular flexibility index (Phi) is 2.14. The second-order valence-electron chi connectivity index (χ2n) is 2.59. The number of rotatable bonds is 3. The molecule has 2 aromatic rings. The van der Waals surface area contributed by atoms with Crippen molar-refractivity contribution in [1.29, 1.82) is 0 Å². The molecule has 0 amide bonds. The summed E-state index contributed by atoms with van der Waals surface area (Å²) >= 11 is 0. The first-order valence-corrected chi connectivity index (χ1v) is 4.01. The molecule has 1 aromatic heterocycles. The molecule has 2 rings (SSSR count). The van der Waals surface area contributed by atoms with Crippen molar-refractivity contribution >= 4 is 11.5 Å². The molecule has 0 radical (unpaired) electrons. The zero-order valence-corrected chi connectivity index (χ0v) is 6.99. The standard InChI is InChI=1S/C9H10N4/c1-2-4-8(5-3-1)11-13-9-6-7-10-12-9/h1-7,11H,(H2,10,12,13). The van der Waals surface area contributed by atoms with Gasteiger partial charge in [0.15, 0.2) is 0 Å². The van der Waals surface area contributed by atoms with Gasteiger partial charge in [-0.3, -0.25) is 16.0 Å². The average Bonchev–Trinajstić information content (AvgIpc) is 2.69. The normalized spacial score (nSPS) is 9.54. The Hall–Kier alpha value is -1.97. The predicted molar refractivity (Wildman–Crippen MR) is 52.3 cm³/mol. The quantitative estimate of drug-likeness (QED) is 0.622. The van der Waals surface area contributed by atoms with E-state index < -0.39 is 0 Å². The molecule has 0 fully saturated rings. The SMILES string of the molecule is c1ccc(NNc2ccn[nH]2)cc1. The molecule has 1 aromatic carbocycles. The van der Waals surface area contributed by atoms with Crippen LogP contribution in [0.1, 0.15) is 0 Å². The number of hydrazine groups is 1. The Morgan fingerprint density at radius 2 is 1.85 bits per heavy atom. The number of benzene rings is 1. The number of anilines is 2. The molecule has 0 spiro atoms. The molecule has 0 bridgehead atoms. The summed E-state index contributed by atoms with van der Waals surface area (Å²) in [4.78, 5) is 0. The van der Waals surface area contributed by atoms with E-state index in [1.54, 1.807) is 6.20 Å². The number of aromatic amines is 1. The zero-order chi connectivity index (χ0) is 8.93. The van der Waals surface area contributed by atoms with Gasteiger partial charge in [0.1, 0.15) is 5.82 Å². The summed E-state index contributed by atoms with van der Waals surface area (Å²) in [6.07, 6.45) is 1.69. The highest BCUT2D eigenvalue weighted by Gasteiger charge is 1.90. The molecule has 1 heterocycles. The fourth-order valence-corrected chi connectivity index (χ4v) is 0.986. The smallest absolute Gasteiger partial charge is 0.140 e. The molecule has 0 aliphatic heterocycles. The van der Waals surface area contributed by atoms with Gasteiger partial charge in [-0.1, -0.05) is 18.2 Å². The fourth-order valence-electron chi connectivity index (χ4n) is 0.986. The first-order chi connectivity index (χ1) is 6.45. The van der Waals surface area contributed by atoms with Crippen LogP contribution >= 0.6 is 0 Å². The second kappa shape index (κ2) is 3.62. The summed E-state index contributed by atoms with van der Waals surface area (Å²) < 4.78 is 0. The van der Waals surface area contributed by atoms with Gasteiger partial charge in [0.2, 0.25) is 0 Å². The van der Waals surface area contributed by atoms with E-state index in [-0.39, 0.29) is 0 Å². The third-order valence-electron chi connectivity index (χ3n) is 1.62. The van der Waals surface area contributed by atoms with Crippen molar-refractivity contribution < 1.29 is 0 Å². The summed E-state index contributed by atoms with van der Waals surface area (Å²) in [6.45, 7) is 0. The number of H-pyrrole nitrogens is 1. The maximum atomic E-state index is 3.81. The van der Waals surface area contributed by atoms with E-state index in [1.165, 1.54) is 0 Å². The highest BCUT2D eigenvalue weighted by molar-refractivity contribution is 5.48. The number of hydrogen-bond donors (Lipinski definition) is 3. The molecule has 0 aliphatic carbocycles. The first-order valence-electron chi connectivity index (χ1n) is 4.01. The molecule has 0 saturated heterocycles. The molecule has 13 heavy (non-hydrogen) atoms. The molecular formula is C9H10N4. The Labute approximate surface area is 76.0 Å². The minimum atomic E-state index is 0.837. The van der Waals surface area contributed by atoms with Gasteiger partial charge in [-0.05, 0) is 12.1 Å². The highest BCUT2D eigenvalue weighted by Crippen LogP contribution is 2.05. The van der Waals surface area contributed by atoms with Crippen molar-refractivity contribution in [1.82, 2.24) is 10.2 Å². The van der Waals surface area contributed by atoms with Crippen molar-refractivity contribution in [3.05, 3.63) is 42.6 Å². The van der Waals surface area contributed by atoms with Crippen molar-refractivity contribution in [3.8, 4) is 0 Å². The van der Waals surface area contributed by atoms with Crippen LogP contribution in [-0.2, 0) is 0 Å². The van der Waals surface area contributed by atoms with Gasteiger partial charge in [-0.25, -0.2) is 0 Å². The molecule has 3 N–H and O–H groups in total. The second-order valence-corrected chi connectivity index (χ2v) is 2.59. The van der Waals surface area contributed by atoms with E-state index in [0.717, 1.165) is 11.5 Å². The topological polar surface area (TPSA) is 52.7 Å². The monoisotopic (exact) mass is 174 g/mol. The Bertz CT molecular complexity index is 341. The van der Waals surface area contributed by atoms with E-state index in [2.05, 4.69) is 21.0 Å². The lowest BCUT2D eigenvalue weighted by atomic mass is 10.3. The van der Waals surface area contributed by atoms with Crippen LogP contribution in [0, 0.1) is 0 Å². The van der Waals surface area contributed by atoms with E-state index in [1.807, 2.05) is 36.4 Å². The van der Waals surface area contributed by atoms with E-state index in [4.69, 9.17) is 0 Å². The zero-order valence-electron chi connectivity index (χ0n) is 6.99. The molecule has 4 heteroatoms. The molecule has 0 atom stereocenters. The fraction of sp³-hybridized carbons (Fsp3) is 0. The van der Waals surface area contributed by atoms with Crippen LogP contribution in [0.3, 0.4) is 0 Å². The Morgan fingerprint density at radius 1 is 1.00 bits per heavy atom. The lowest BCUT2D eigenvalue weighted by Crippen LogP contribution is -2.08. The van der Waals surface area contributed by atoms with Gasteiger partial charge >= 0.3 is 0 Å². The van der Waals surface area contributed by atoms with Gasteiger partial charge in [0, 0.05) is 6.07 Å². The summed E-state index contributed by atoms with van der Waals surface area (Å²) in [6, 6.07) is 11.7. The van der Waals surface area contributed by atoms with E-state index in [0.29, 0.717) is 0 Å². The molecule has 0 saturated carbocycles. The molecule has 66 valence electrons. The maximum Gasteiger partial charge on any atom is 0.140 e. The molecular weight excluding hydrogens is 164 g/mol. The van der Waals surface area contributed by atoms with Gasteiger partial charge < -0.3 is 0 Å². The lowest BCUT2D eigenvalue weighted by molar-refractivity contribution is 1.09. The summed E-state index contributed by atoms with van der Waals surface area (Å²) in [5.74, 6) is 0.837. The van der Waals surface area contributed by atoms with Crippen LogP contribution in [-0.4, -0.2) is 10.2 Å². The van der Waals surface area contributed by atoms with Gasteiger partial charge in [-0.15, -0.1) is 0 Å². The van der Waals surface area contributed by atoms with Crippen molar-refractivity contribution in [2.45, 2.75) is 0 Å². The molecule has 4 nitrogen and oxygen atoms in total. The molecule has 0 unspecified atom stereocenters. The van der Waals surface area contributed by atoms with Gasteiger partial charge in [-0.2, -0.15) is 5.10 Å². The Balaban J connectivity index is 1.94.